The van der Waals surface area contributed by atoms with Crippen molar-refractivity contribution in [1.29, 1.82) is 0 Å². The van der Waals surface area contributed by atoms with Gasteiger partial charge < -0.3 is 14.5 Å². The Kier molecular flexibility index (Phi) is 5.01. The van der Waals surface area contributed by atoms with E-state index < -0.39 is 11.2 Å². The minimum Gasteiger partial charge on any atom is -0.448 e. The smallest absolute Gasteiger partial charge is 0.433 e. The van der Waals surface area contributed by atoms with Crippen molar-refractivity contribution in [2.24, 2.45) is 0 Å². The second kappa shape index (κ2) is 7.60. The summed E-state index contributed by atoms with van der Waals surface area (Å²) in [6.07, 6.45) is 4.53. The molecule has 1 aliphatic rings. The lowest BCUT2D eigenvalue weighted by atomic mass is 10.1. The molecule has 3 heterocycles. The normalized spacial score (nSPS) is 15.3. The Balaban J connectivity index is 1.71. The van der Waals surface area contributed by atoms with Gasteiger partial charge in [-0.1, -0.05) is 27.7 Å². The Morgan fingerprint density at radius 1 is 1.32 bits per heavy atom. The summed E-state index contributed by atoms with van der Waals surface area (Å²) in [5, 5.41) is 22.9. The molecule has 0 amide bonds. The van der Waals surface area contributed by atoms with E-state index in [-0.39, 0.29) is 5.88 Å². The van der Waals surface area contributed by atoms with Gasteiger partial charge in [-0.15, -0.1) is 10.2 Å². The van der Waals surface area contributed by atoms with Crippen molar-refractivity contribution in [3.63, 3.8) is 0 Å². The van der Waals surface area contributed by atoms with Gasteiger partial charge in [0.1, 0.15) is 10.7 Å². The van der Waals surface area contributed by atoms with Gasteiger partial charge in [-0.2, -0.15) is 4.98 Å². The fourth-order valence-corrected chi connectivity index (χ4v) is 3.23. The van der Waals surface area contributed by atoms with Crippen molar-refractivity contribution in [2.45, 2.75) is 11.4 Å². The zero-order chi connectivity index (χ0) is 19.7. The number of anilines is 1. The summed E-state index contributed by atoms with van der Waals surface area (Å²) in [6.45, 7) is 0. The van der Waals surface area contributed by atoms with E-state index in [0.717, 1.165) is 15.7 Å². The van der Waals surface area contributed by atoms with Crippen LogP contribution in [0.4, 0.5) is 11.6 Å². The van der Waals surface area contributed by atoms with E-state index >= 15 is 0 Å². The Hall–Kier alpha value is -2.92. The predicted octanol–water partition coefficient (Wildman–Crippen LogP) is 4.37. The molecule has 0 radical (unpaired) electrons. The highest BCUT2D eigenvalue weighted by atomic mass is 79.9. The molecule has 0 saturated carbocycles. The van der Waals surface area contributed by atoms with Crippen molar-refractivity contribution in [3.8, 4) is 17.1 Å². The van der Waals surface area contributed by atoms with Crippen LogP contribution in [-0.2, 0) is 0 Å². The molecule has 0 spiro atoms. The number of aromatic nitrogens is 3. The molecule has 0 saturated heterocycles. The highest BCUT2D eigenvalue weighted by Crippen LogP contribution is 2.38. The summed E-state index contributed by atoms with van der Waals surface area (Å²) in [5.41, 5.74) is 2.10. The van der Waals surface area contributed by atoms with Crippen molar-refractivity contribution in [2.75, 3.05) is 11.6 Å². The van der Waals surface area contributed by atoms with E-state index in [1.807, 2.05) is 24.5 Å². The topological polar surface area (TPSA) is 116 Å². The SMILES string of the molecule is CSc1nnc2c(n1)O[C@@H](/C=C/c1ccc([N+](=O)[O-])o1)Nc1ccc(Br)cc1-2. The molecule has 0 aliphatic carbocycles. The van der Waals surface area contributed by atoms with Crippen molar-refractivity contribution in [3.05, 3.63) is 56.8 Å². The van der Waals surface area contributed by atoms with Gasteiger partial charge in [-0.25, -0.2) is 0 Å². The van der Waals surface area contributed by atoms with Gasteiger partial charge in [-0.3, -0.25) is 10.1 Å². The summed E-state index contributed by atoms with van der Waals surface area (Å²) >= 11 is 4.82. The molecular formula is C17H12BrN5O4S. The highest BCUT2D eigenvalue weighted by Gasteiger charge is 2.24. The van der Waals surface area contributed by atoms with E-state index in [4.69, 9.17) is 9.15 Å². The van der Waals surface area contributed by atoms with Gasteiger partial charge in [0.2, 0.25) is 11.0 Å². The van der Waals surface area contributed by atoms with Gasteiger partial charge >= 0.3 is 5.88 Å². The molecule has 1 N–H and O–H groups in total. The first kappa shape index (κ1) is 18.4. The van der Waals surface area contributed by atoms with Crippen LogP contribution in [0, 0.1) is 10.1 Å². The number of furan rings is 1. The molecule has 2 aromatic heterocycles. The third-order valence-corrected chi connectivity index (χ3v) is 4.85. The van der Waals surface area contributed by atoms with E-state index in [1.54, 1.807) is 12.2 Å². The summed E-state index contributed by atoms with van der Waals surface area (Å²) < 4.78 is 12.0. The molecule has 0 unspecified atom stereocenters. The lowest BCUT2D eigenvalue weighted by molar-refractivity contribution is -0.402. The monoisotopic (exact) mass is 461 g/mol. The van der Waals surface area contributed by atoms with E-state index in [0.29, 0.717) is 22.5 Å². The minimum absolute atomic E-state index is 0.323. The highest BCUT2D eigenvalue weighted by molar-refractivity contribution is 9.10. The van der Waals surface area contributed by atoms with Gasteiger partial charge in [0.15, 0.2) is 11.9 Å². The van der Waals surface area contributed by atoms with Crippen LogP contribution >= 0.6 is 27.7 Å². The van der Waals surface area contributed by atoms with E-state index in [2.05, 4.69) is 36.4 Å². The van der Waals surface area contributed by atoms with Crippen LogP contribution in [0.5, 0.6) is 5.88 Å². The zero-order valence-electron chi connectivity index (χ0n) is 14.3. The number of nitro groups is 1. The first-order valence-electron chi connectivity index (χ1n) is 7.98. The fourth-order valence-electron chi connectivity index (χ4n) is 2.58. The van der Waals surface area contributed by atoms with Crippen LogP contribution in [0.3, 0.4) is 0 Å². The van der Waals surface area contributed by atoms with E-state index in [9.17, 15) is 10.1 Å². The molecule has 1 atom stereocenters. The molecule has 11 heteroatoms. The van der Waals surface area contributed by atoms with Gasteiger partial charge in [0, 0.05) is 15.7 Å². The molecule has 4 rings (SSSR count). The van der Waals surface area contributed by atoms with Crippen molar-refractivity contribution < 1.29 is 14.1 Å². The summed E-state index contributed by atoms with van der Waals surface area (Å²) in [4.78, 5) is 14.6. The number of fused-ring (bicyclic) bond motifs is 3. The number of thioether (sulfide) groups is 1. The number of hydrogen-bond acceptors (Lipinski definition) is 9. The van der Waals surface area contributed by atoms with Crippen molar-refractivity contribution in [1.82, 2.24) is 15.2 Å². The largest absolute Gasteiger partial charge is 0.448 e. The van der Waals surface area contributed by atoms with Gasteiger partial charge in [-0.05, 0) is 42.7 Å². The second-order valence-electron chi connectivity index (χ2n) is 5.62. The zero-order valence-corrected chi connectivity index (χ0v) is 16.7. The standard InChI is InChI=1S/C17H12BrN5O4S/c1-28-17-20-16-15(21-22-17)11-8-9(18)2-5-12(11)19-13(27-16)6-3-10-4-7-14(26-10)23(24)25/h2-8,13,19H,1H3/b6-3+/t13-/m0/s1. The Labute approximate surface area is 171 Å². The molecule has 28 heavy (non-hydrogen) atoms. The van der Waals surface area contributed by atoms with Gasteiger partial charge in [0.05, 0.1) is 6.07 Å². The molecule has 0 fully saturated rings. The molecule has 1 aromatic carbocycles. The van der Waals surface area contributed by atoms with Crippen LogP contribution in [0.25, 0.3) is 17.3 Å². The number of benzene rings is 1. The number of rotatable bonds is 4. The Morgan fingerprint density at radius 2 is 2.18 bits per heavy atom. The number of ether oxygens (including phenoxy) is 1. The minimum atomic E-state index is -0.600. The second-order valence-corrected chi connectivity index (χ2v) is 7.31. The predicted molar refractivity (Wildman–Crippen MR) is 107 cm³/mol. The van der Waals surface area contributed by atoms with Crippen LogP contribution in [0.15, 0.2) is 50.5 Å². The maximum Gasteiger partial charge on any atom is 0.433 e. The molecule has 142 valence electrons. The number of nitrogens with zero attached hydrogens (tertiary/aromatic N) is 4. The number of hydrogen-bond donors (Lipinski definition) is 1. The van der Waals surface area contributed by atoms with E-state index in [1.165, 1.54) is 23.9 Å². The summed E-state index contributed by atoms with van der Waals surface area (Å²) in [5.74, 6) is 0.350. The molecule has 9 nitrogen and oxygen atoms in total. The van der Waals surface area contributed by atoms with Crippen LogP contribution in [0.2, 0.25) is 0 Å². The summed E-state index contributed by atoms with van der Waals surface area (Å²) in [7, 11) is 0. The van der Waals surface area contributed by atoms with Crippen molar-refractivity contribution >= 4 is 45.3 Å². The first-order valence-corrected chi connectivity index (χ1v) is 9.99. The molecule has 0 bridgehead atoms. The third kappa shape index (κ3) is 3.71. The third-order valence-electron chi connectivity index (χ3n) is 3.82. The fraction of sp³-hybridized carbons (Fsp3) is 0.118. The molecular weight excluding hydrogens is 450 g/mol. The average Bonchev–Trinajstić information content (AvgIpc) is 3.11. The summed E-state index contributed by atoms with van der Waals surface area (Å²) in [6, 6.07) is 8.50. The average molecular weight is 462 g/mol. The lowest BCUT2D eigenvalue weighted by Crippen LogP contribution is -2.23. The molecule has 1 aliphatic heterocycles. The number of nitrogens with one attached hydrogen (secondary N) is 1. The maximum absolute atomic E-state index is 10.8. The Morgan fingerprint density at radius 3 is 2.93 bits per heavy atom. The maximum atomic E-state index is 10.8. The Bertz CT molecular complexity index is 1090. The van der Waals surface area contributed by atoms with Crippen LogP contribution in [0.1, 0.15) is 5.76 Å². The molecule has 3 aromatic rings. The van der Waals surface area contributed by atoms with Gasteiger partial charge in [0.25, 0.3) is 0 Å². The lowest BCUT2D eigenvalue weighted by Gasteiger charge is -2.15. The first-order chi connectivity index (χ1) is 13.5. The number of halogens is 1. The van der Waals surface area contributed by atoms with Crippen LogP contribution < -0.4 is 10.1 Å². The van der Waals surface area contributed by atoms with Crippen LogP contribution in [-0.4, -0.2) is 32.6 Å². The quantitative estimate of drug-likeness (QED) is 0.343.